The molecule has 2 aromatic heterocycles. The summed E-state index contributed by atoms with van der Waals surface area (Å²) in [4.78, 5) is 9.18. The lowest BCUT2D eigenvalue weighted by atomic mass is 10.2. The Balaban J connectivity index is 2.40. The third-order valence-corrected chi connectivity index (χ3v) is 5.05. The molecule has 0 aliphatic carbocycles. The highest BCUT2D eigenvalue weighted by Gasteiger charge is 2.12. The average molecular weight is 248 g/mol. The van der Waals surface area contributed by atoms with Gasteiger partial charge < -0.3 is 0 Å². The fourth-order valence-corrected chi connectivity index (χ4v) is 3.86. The monoisotopic (exact) mass is 248 g/mol. The van der Waals surface area contributed by atoms with Crippen molar-refractivity contribution in [1.29, 1.82) is 0 Å². The van der Waals surface area contributed by atoms with Gasteiger partial charge in [0.25, 0.3) is 0 Å². The van der Waals surface area contributed by atoms with Crippen molar-refractivity contribution in [2.24, 2.45) is 0 Å². The first-order chi connectivity index (χ1) is 7.65. The molecule has 0 aliphatic heterocycles. The van der Waals surface area contributed by atoms with E-state index in [0.29, 0.717) is 5.92 Å². The second kappa shape index (κ2) is 3.50. The number of aryl methyl sites for hydroxylation is 1. The Hall–Kier alpha value is -1.00. The van der Waals surface area contributed by atoms with Crippen LogP contribution >= 0.6 is 22.7 Å². The summed E-state index contributed by atoms with van der Waals surface area (Å²) in [7, 11) is 0. The van der Waals surface area contributed by atoms with E-state index in [-0.39, 0.29) is 0 Å². The Labute approximate surface area is 102 Å². The van der Waals surface area contributed by atoms with Crippen LogP contribution in [0.5, 0.6) is 0 Å². The second-order valence-corrected chi connectivity index (χ2v) is 6.44. The maximum Gasteiger partial charge on any atom is 0.0964 e. The zero-order valence-corrected chi connectivity index (χ0v) is 11.1. The van der Waals surface area contributed by atoms with Gasteiger partial charge in [-0.15, -0.1) is 22.7 Å². The lowest BCUT2D eigenvalue weighted by molar-refractivity contribution is 0.857. The van der Waals surface area contributed by atoms with Crippen LogP contribution in [0.15, 0.2) is 12.1 Å². The number of rotatable bonds is 1. The molecule has 16 heavy (non-hydrogen) atoms. The molecule has 0 saturated heterocycles. The van der Waals surface area contributed by atoms with Crippen LogP contribution in [-0.2, 0) is 0 Å². The van der Waals surface area contributed by atoms with Crippen molar-refractivity contribution in [2.75, 3.05) is 0 Å². The lowest BCUT2D eigenvalue weighted by Gasteiger charge is -1.94. The van der Waals surface area contributed by atoms with Gasteiger partial charge in [0.2, 0.25) is 0 Å². The summed E-state index contributed by atoms with van der Waals surface area (Å²) in [6.07, 6.45) is 0. The van der Waals surface area contributed by atoms with Gasteiger partial charge in [-0.1, -0.05) is 13.8 Å². The molecule has 82 valence electrons. The minimum Gasteiger partial charge on any atom is -0.241 e. The Bertz CT molecular complexity index is 664. The minimum atomic E-state index is 0.501. The third-order valence-electron chi connectivity index (χ3n) is 2.53. The molecule has 0 bridgehead atoms. The van der Waals surface area contributed by atoms with Crippen LogP contribution in [0.25, 0.3) is 20.4 Å². The Morgan fingerprint density at radius 3 is 2.31 bits per heavy atom. The molecule has 0 saturated carbocycles. The quantitative estimate of drug-likeness (QED) is 0.640. The van der Waals surface area contributed by atoms with Gasteiger partial charge in [0.15, 0.2) is 0 Å². The molecule has 0 radical (unpaired) electrons. The van der Waals surface area contributed by atoms with Crippen LogP contribution in [0.1, 0.15) is 29.8 Å². The first-order valence-electron chi connectivity index (χ1n) is 5.31. The second-order valence-electron chi connectivity index (χ2n) is 4.20. The normalized spacial score (nSPS) is 12.0. The summed E-state index contributed by atoms with van der Waals surface area (Å²) in [5.74, 6) is 0.501. The summed E-state index contributed by atoms with van der Waals surface area (Å²) >= 11 is 3.57. The predicted molar refractivity (Wildman–Crippen MR) is 71.6 cm³/mol. The van der Waals surface area contributed by atoms with Gasteiger partial charge in [0, 0.05) is 5.92 Å². The summed E-state index contributed by atoms with van der Waals surface area (Å²) < 4.78 is 2.59. The Morgan fingerprint density at radius 1 is 1.00 bits per heavy atom. The van der Waals surface area contributed by atoms with Crippen LogP contribution in [-0.4, -0.2) is 9.97 Å². The molecule has 0 spiro atoms. The molecule has 0 amide bonds. The molecule has 2 nitrogen and oxygen atoms in total. The Morgan fingerprint density at radius 2 is 1.62 bits per heavy atom. The van der Waals surface area contributed by atoms with Crippen molar-refractivity contribution in [3.8, 4) is 0 Å². The third kappa shape index (κ3) is 1.44. The highest BCUT2D eigenvalue weighted by atomic mass is 32.1. The number of hydrogen-bond acceptors (Lipinski definition) is 4. The smallest absolute Gasteiger partial charge is 0.0964 e. The van der Waals surface area contributed by atoms with Crippen molar-refractivity contribution >= 4 is 43.1 Å². The van der Waals surface area contributed by atoms with E-state index >= 15 is 0 Å². The number of benzene rings is 1. The maximum atomic E-state index is 4.67. The molecule has 4 heteroatoms. The molecule has 3 aromatic rings. The van der Waals surface area contributed by atoms with E-state index in [2.05, 4.69) is 42.9 Å². The molecule has 0 atom stereocenters. The fourth-order valence-electron chi connectivity index (χ4n) is 1.75. The molecule has 0 aliphatic rings. The van der Waals surface area contributed by atoms with Crippen LogP contribution in [0.2, 0.25) is 0 Å². The summed E-state index contributed by atoms with van der Waals surface area (Å²) in [6, 6.07) is 4.16. The van der Waals surface area contributed by atoms with Crippen LogP contribution in [0, 0.1) is 6.92 Å². The molecule has 0 unspecified atom stereocenters. The number of nitrogens with zero attached hydrogens (tertiary/aromatic N) is 2. The fraction of sp³-hybridized carbons (Fsp3) is 0.333. The predicted octanol–water partition coefficient (Wildman–Crippen LogP) is 4.34. The zero-order valence-electron chi connectivity index (χ0n) is 9.44. The first-order valence-corrected chi connectivity index (χ1v) is 6.95. The van der Waals surface area contributed by atoms with E-state index < -0.39 is 0 Å². The number of fused-ring (bicyclic) bond motifs is 3. The van der Waals surface area contributed by atoms with Crippen LogP contribution < -0.4 is 0 Å². The van der Waals surface area contributed by atoms with Crippen molar-refractivity contribution in [2.45, 2.75) is 26.7 Å². The molecular weight excluding hydrogens is 236 g/mol. The van der Waals surface area contributed by atoms with Crippen molar-refractivity contribution in [3.63, 3.8) is 0 Å². The summed E-state index contributed by atoms with van der Waals surface area (Å²) in [5, 5.41) is 2.34. The Kier molecular flexibility index (Phi) is 2.23. The van der Waals surface area contributed by atoms with Gasteiger partial charge in [-0.05, 0) is 19.1 Å². The van der Waals surface area contributed by atoms with Gasteiger partial charge in [0.05, 0.1) is 30.4 Å². The van der Waals surface area contributed by atoms with Gasteiger partial charge in [-0.25, -0.2) is 9.97 Å². The molecular formula is C12H12N2S2. The summed E-state index contributed by atoms with van der Waals surface area (Å²) in [5.41, 5.74) is 2.22. The first kappa shape index (κ1) is 10.2. The van der Waals surface area contributed by atoms with E-state index in [1.807, 2.05) is 11.3 Å². The number of thiazole rings is 2. The molecule has 0 N–H and O–H groups in total. The highest BCUT2D eigenvalue weighted by molar-refractivity contribution is 7.26. The van der Waals surface area contributed by atoms with Gasteiger partial charge in [-0.2, -0.15) is 0 Å². The topological polar surface area (TPSA) is 25.8 Å². The van der Waals surface area contributed by atoms with Crippen molar-refractivity contribution in [3.05, 3.63) is 22.1 Å². The zero-order chi connectivity index (χ0) is 11.3. The minimum absolute atomic E-state index is 0.501. The van der Waals surface area contributed by atoms with Crippen molar-refractivity contribution < 1.29 is 0 Å². The van der Waals surface area contributed by atoms with Gasteiger partial charge >= 0.3 is 0 Å². The average Bonchev–Trinajstić information content (AvgIpc) is 2.77. The molecule has 0 fully saturated rings. The summed E-state index contributed by atoms with van der Waals surface area (Å²) in [6.45, 7) is 6.43. The van der Waals surface area contributed by atoms with Gasteiger partial charge in [0.1, 0.15) is 0 Å². The number of aromatic nitrogens is 2. The molecule has 1 aromatic carbocycles. The molecule has 3 rings (SSSR count). The maximum absolute atomic E-state index is 4.67. The highest BCUT2D eigenvalue weighted by Crippen LogP contribution is 2.35. The SMILES string of the molecule is Cc1nc2ccc3nc(C(C)C)sc3c2s1. The molecule has 2 heterocycles. The van der Waals surface area contributed by atoms with Crippen LogP contribution in [0.4, 0.5) is 0 Å². The van der Waals surface area contributed by atoms with E-state index in [9.17, 15) is 0 Å². The standard InChI is InChI=1S/C12H12N2S2/c1-6(2)12-14-9-5-4-8-10(11(9)16-12)15-7(3)13-8/h4-6H,1-3H3. The van der Waals surface area contributed by atoms with Crippen LogP contribution in [0.3, 0.4) is 0 Å². The van der Waals surface area contributed by atoms with E-state index in [0.717, 1.165) is 16.0 Å². The van der Waals surface area contributed by atoms with E-state index in [4.69, 9.17) is 0 Å². The van der Waals surface area contributed by atoms with E-state index in [1.165, 1.54) is 14.4 Å². The van der Waals surface area contributed by atoms with E-state index in [1.54, 1.807) is 11.3 Å². The lowest BCUT2D eigenvalue weighted by Crippen LogP contribution is -1.82. The van der Waals surface area contributed by atoms with Crippen molar-refractivity contribution in [1.82, 2.24) is 9.97 Å². The largest absolute Gasteiger partial charge is 0.241 e. The number of hydrogen-bond donors (Lipinski definition) is 0. The van der Waals surface area contributed by atoms with Gasteiger partial charge in [-0.3, -0.25) is 0 Å².